The van der Waals surface area contributed by atoms with Gasteiger partial charge in [0.1, 0.15) is 12.4 Å². The minimum Gasteiger partial charge on any atom is -0.388 e. The third-order valence-corrected chi connectivity index (χ3v) is 4.77. The molecule has 0 bridgehead atoms. The van der Waals surface area contributed by atoms with Crippen LogP contribution in [0, 0.1) is 11.3 Å². The Morgan fingerprint density at radius 1 is 1.15 bits per heavy atom. The number of aliphatic hydroxyl groups excluding tert-OH is 1. The molecule has 4 nitrogen and oxygen atoms in total. The van der Waals surface area contributed by atoms with E-state index in [1.54, 1.807) is 0 Å². The third-order valence-electron chi connectivity index (χ3n) is 4.77. The van der Waals surface area contributed by atoms with E-state index in [1.807, 2.05) is 0 Å². The summed E-state index contributed by atoms with van der Waals surface area (Å²) < 4.78 is 2.13. The van der Waals surface area contributed by atoms with Gasteiger partial charge in [0.05, 0.1) is 0 Å². The molecule has 1 fully saturated rings. The molecule has 1 N–H and O–H groups in total. The van der Waals surface area contributed by atoms with Crippen molar-refractivity contribution in [1.29, 1.82) is 0 Å². The predicted molar refractivity (Wildman–Crippen MR) is 80.5 cm³/mol. The average Bonchev–Trinajstić information content (AvgIpc) is 2.81. The summed E-state index contributed by atoms with van der Waals surface area (Å²) in [6.45, 7) is 11.3. The second kappa shape index (κ2) is 5.84. The zero-order valence-corrected chi connectivity index (χ0v) is 13.6. The van der Waals surface area contributed by atoms with Gasteiger partial charge in [-0.25, -0.2) is 0 Å². The summed E-state index contributed by atoms with van der Waals surface area (Å²) in [6.07, 6.45) is 4.93. The van der Waals surface area contributed by atoms with Crippen LogP contribution in [0.5, 0.6) is 0 Å². The van der Waals surface area contributed by atoms with E-state index in [0.29, 0.717) is 23.2 Å². The highest BCUT2D eigenvalue weighted by atomic mass is 16.3. The van der Waals surface area contributed by atoms with E-state index >= 15 is 0 Å². The second-order valence-corrected chi connectivity index (χ2v) is 7.51. The van der Waals surface area contributed by atoms with Crippen LogP contribution in [-0.4, -0.2) is 19.9 Å². The third kappa shape index (κ3) is 3.05. The Kier molecular flexibility index (Phi) is 4.52. The number of rotatable bonds is 3. The summed E-state index contributed by atoms with van der Waals surface area (Å²) in [7, 11) is 0. The van der Waals surface area contributed by atoms with E-state index in [-0.39, 0.29) is 6.61 Å². The van der Waals surface area contributed by atoms with E-state index in [4.69, 9.17) is 0 Å². The lowest BCUT2D eigenvalue weighted by molar-refractivity contribution is 0.165. The molecule has 20 heavy (non-hydrogen) atoms. The van der Waals surface area contributed by atoms with Gasteiger partial charge in [0, 0.05) is 12.0 Å². The van der Waals surface area contributed by atoms with Crippen molar-refractivity contribution in [2.24, 2.45) is 11.3 Å². The van der Waals surface area contributed by atoms with Crippen LogP contribution in [0.1, 0.15) is 83.9 Å². The van der Waals surface area contributed by atoms with E-state index in [9.17, 15) is 5.11 Å². The predicted octanol–water partition coefficient (Wildman–Crippen LogP) is 3.67. The molecule has 114 valence electrons. The quantitative estimate of drug-likeness (QED) is 0.918. The summed E-state index contributed by atoms with van der Waals surface area (Å²) in [5.74, 6) is 3.10. The lowest BCUT2D eigenvalue weighted by Crippen LogP contribution is -2.26. The highest BCUT2D eigenvalue weighted by Crippen LogP contribution is 2.43. The van der Waals surface area contributed by atoms with Gasteiger partial charge in [-0.3, -0.25) is 0 Å². The van der Waals surface area contributed by atoms with Crippen molar-refractivity contribution < 1.29 is 5.11 Å². The molecule has 1 saturated carbocycles. The van der Waals surface area contributed by atoms with E-state index < -0.39 is 0 Å². The van der Waals surface area contributed by atoms with Gasteiger partial charge >= 0.3 is 0 Å². The van der Waals surface area contributed by atoms with E-state index in [0.717, 1.165) is 11.7 Å². The van der Waals surface area contributed by atoms with Crippen molar-refractivity contribution in [3.63, 3.8) is 0 Å². The van der Waals surface area contributed by atoms with E-state index in [1.165, 1.54) is 25.7 Å². The molecule has 2 rings (SSSR count). The Bertz CT molecular complexity index is 437. The molecule has 0 saturated heterocycles. The molecule has 0 unspecified atom stereocenters. The summed E-state index contributed by atoms with van der Waals surface area (Å²) in [5.41, 5.74) is 0.410. The van der Waals surface area contributed by atoms with Crippen LogP contribution in [0.25, 0.3) is 0 Å². The fourth-order valence-corrected chi connectivity index (χ4v) is 3.50. The Morgan fingerprint density at radius 3 is 2.20 bits per heavy atom. The van der Waals surface area contributed by atoms with Crippen LogP contribution in [-0.2, 0) is 6.61 Å². The van der Waals surface area contributed by atoms with Gasteiger partial charge < -0.3 is 9.67 Å². The molecule has 1 aliphatic carbocycles. The summed E-state index contributed by atoms with van der Waals surface area (Å²) in [5, 5.41) is 17.9. The number of aliphatic hydroxyl groups is 1. The molecule has 4 heteroatoms. The smallest absolute Gasteiger partial charge is 0.159 e. The van der Waals surface area contributed by atoms with Crippen LogP contribution < -0.4 is 0 Å². The van der Waals surface area contributed by atoms with Gasteiger partial charge in [-0.05, 0) is 50.9 Å². The van der Waals surface area contributed by atoms with Crippen molar-refractivity contribution in [2.45, 2.75) is 78.9 Å². The van der Waals surface area contributed by atoms with Crippen LogP contribution in [0.2, 0.25) is 0 Å². The van der Waals surface area contributed by atoms with E-state index in [2.05, 4.69) is 49.4 Å². The normalized spacial score (nSPS) is 24.4. The topological polar surface area (TPSA) is 50.9 Å². The van der Waals surface area contributed by atoms with Gasteiger partial charge in [-0.2, -0.15) is 0 Å². The maximum Gasteiger partial charge on any atom is 0.159 e. The summed E-state index contributed by atoms with van der Waals surface area (Å²) in [6, 6.07) is 0.308. The van der Waals surface area contributed by atoms with Crippen LogP contribution in [0.3, 0.4) is 0 Å². The second-order valence-electron chi connectivity index (χ2n) is 7.51. The maximum atomic E-state index is 9.40. The first-order chi connectivity index (χ1) is 9.34. The molecule has 0 amide bonds. The van der Waals surface area contributed by atoms with Crippen LogP contribution in [0.15, 0.2) is 0 Å². The Labute approximate surface area is 122 Å². The fraction of sp³-hybridized carbons (Fsp3) is 0.875. The van der Waals surface area contributed by atoms with Crippen molar-refractivity contribution in [3.05, 3.63) is 11.6 Å². The molecule has 0 atom stereocenters. The maximum absolute atomic E-state index is 9.40. The van der Waals surface area contributed by atoms with Gasteiger partial charge in [-0.15, -0.1) is 10.2 Å². The highest BCUT2D eigenvalue weighted by molar-refractivity contribution is 5.05. The first kappa shape index (κ1) is 15.5. The van der Waals surface area contributed by atoms with Crippen molar-refractivity contribution in [2.75, 3.05) is 0 Å². The Hall–Kier alpha value is -0.900. The van der Waals surface area contributed by atoms with Crippen molar-refractivity contribution >= 4 is 0 Å². The van der Waals surface area contributed by atoms with Crippen LogP contribution >= 0.6 is 0 Å². The Balaban J connectivity index is 2.13. The van der Waals surface area contributed by atoms with Crippen molar-refractivity contribution in [3.8, 4) is 0 Å². The molecule has 0 radical (unpaired) electrons. The fourth-order valence-electron chi connectivity index (χ4n) is 3.50. The lowest BCUT2D eigenvalue weighted by atomic mass is 9.69. The monoisotopic (exact) mass is 279 g/mol. The first-order valence-electron chi connectivity index (χ1n) is 7.89. The van der Waals surface area contributed by atoms with Crippen LogP contribution in [0.4, 0.5) is 0 Å². The van der Waals surface area contributed by atoms with Gasteiger partial charge in [0.25, 0.3) is 0 Å². The number of aromatic nitrogens is 3. The standard InChI is InChI=1S/C16H29N3O/c1-11(2)19-14(10-20)17-18-15(19)12-6-8-13(9-7-12)16(3,4)5/h11-13,20H,6-10H2,1-5H3. The lowest BCUT2D eigenvalue weighted by Gasteiger charge is -2.36. The molecule has 1 aliphatic rings. The number of hydrogen-bond acceptors (Lipinski definition) is 3. The van der Waals surface area contributed by atoms with Gasteiger partial charge in [0.15, 0.2) is 5.82 Å². The van der Waals surface area contributed by atoms with Gasteiger partial charge in [0.2, 0.25) is 0 Å². The minimum absolute atomic E-state index is 0.0253. The summed E-state index contributed by atoms with van der Waals surface area (Å²) in [4.78, 5) is 0. The summed E-state index contributed by atoms with van der Waals surface area (Å²) >= 11 is 0. The highest BCUT2D eigenvalue weighted by Gasteiger charge is 2.32. The Morgan fingerprint density at radius 2 is 1.75 bits per heavy atom. The molecule has 0 aliphatic heterocycles. The molecule has 1 aromatic heterocycles. The molecule has 1 aromatic rings. The zero-order chi connectivity index (χ0) is 14.9. The minimum atomic E-state index is -0.0253. The van der Waals surface area contributed by atoms with Crippen molar-refractivity contribution in [1.82, 2.24) is 14.8 Å². The average molecular weight is 279 g/mol. The number of hydrogen-bond donors (Lipinski definition) is 1. The molecular formula is C16H29N3O. The SMILES string of the molecule is CC(C)n1c(CO)nnc1C1CCC(C(C)(C)C)CC1. The molecule has 1 heterocycles. The zero-order valence-electron chi connectivity index (χ0n) is 13.6. The largest absolute Gasteiger partial charge is 0.388 e. The molecular weight excluding hydrogens is 250 g/mol. The molecule has 0 aromatic carbocycles. The molecule has 0 spiro atoms. The van der Waals surface area contributed by atoms with Gasteiger partial charge in [-0.1, -0.05) is 20.8 Å². The first-order valence-corrected chi connectivity index (χ1v) is 7.89. The number of nitrogens with zero attached hydrogens (tertiary/aromatic N) is 3.